The van der Waals surface area contributed by atoms with Crippen LogP contribution in [-0.4, -0.2) is 55.5 Å². The van der Waals surface area contributed by atoms with E-state index in [2.05, 4.69) is 15.1 Å². The van der Waals surface area contributed by atoms with Crippen LogP contribution in [0.15, 0.2) is 48.5 Å². The molecule has 0 atom stereocenters. The molecular formula is C20H24FN3O2. The van der Waals surface area contributed by atoms with Gasteiger partial charge in [0.1, 0.15) is 11.6 Å². The van der Waals surface area contributed by atoms with Gasteiger partial charge < -0.3 is 10.1 Å². The van der Waals surface area contributed by atoms with E-state index in [0.29, 0.717) is 6.54 Å². The number of hydrogen-bond acceptors (Lipinski definition) is 4. The zero-order valence-corrected chi connectivity index (χ0v) is 15.0. The number of carbonyl (C=O) groups excluding carboxylic acids is 1. The second-order valence-electron chi connectivity index (χ2n) is 6.46. The molecule has 1 amide bonds. The Kier molecular flexibility index (Phi) is 6.20. The highest BCUT2D eigenvalue weighted by atomic mass is 19.1. The van der Waals surface area contributed by atoms with Crippen LogP contribution in [0.2, 0.25) is 0 Å². The van der Waals surface area contributed by atoms with Crippen LogP contribution in [0, 0.1) is 5.82 Å². The van der Waals surface area contributed by atoms with Gasteiger partial charge in [0, 0.05) is 38.4 Å². The van der Waals surface area contributed by atoms with Crippen LogP contribution in [-0.2, 0) is 11.3 Å². The van der Waals surface area contributed by atoms with Gasteiger partial charge in [-0.15, -0.1) is 0 Å². The molecule has 5 nitrogen and oxygen atoms in total. The normalized spacial score (nSPS) is 15.6. The summed E-state index contributed by atoms with van der Waals surface area (Å²) in [4.78, 5) is 16.6. The van der Waals surface area contributed by atoms with Crippen molar-refractivity contribution in [1.82, 2.24) is 9.80 Å². The highest BCUT2D eigenvalue weighted by Gasteiger charge is 2.19. The first-order valence-electron chi connectivity index (χ1n) is 8.75. The summed E-state index contributed by atoms with van der Waals surface area (Å²) in [6.45, 7) is 4.50. The first-order valence-corrected chi connectivity index (χ1v) is 8.75. The fourth-order valence-corrected chi connectivity index (χ4v) is 3.08. The van der Waals surface area contributed by atoms with E-state index < -0.39 is 0 Å². The third-order valence-electron chi connectivity index (χ3n) is 4.50. The maximum atomic E-state index is 13.3. The molecule has 3 rings (SSSR count). The molecule has 0 bridgehead atoms. The van der Waals surface area contributed by atoms with Gasteiger partial charge in [-0.3, -0.25) is 14.6 Å². The number of amides is 1. The van der Waals surface area contributed by atoms with Crippen molar-refractivity contribution >= 4 is 11.6 Å². The zero-order chi connectivity index (χ0) is 18.4. The van der Waals surface area contributed by atoms with Gasteiger partial charge in [0.15, 0.2) is 0 Å². The van der Waals surface area contributed by atoms with Crippen LogP contribution < -0.4 is 10.1 Å². The summed E-state index contributed by atoms with van der Waals surface area (Å²) in [6.07, 6.45) is 0. The Hall–Kier alpha value is -2.44. The molecule has 0 aliphatic carbocycles. The average Bonchev–Trinajstić information content (AvgIpc) is 2.64. The van der Waals surface area contributed by atoms with Crippen LogP contribution in [0.5, 0.6) is 5.75 Å². The summed E-state index contributed by atoms with van der Waals surface area (Å²) in [5.41, 5.74) is 1.75. The number of methoxy groups -OCH3 is 1. The minimum atomic E-state index is -0.198. The van der Waals surface area contributed by atoms with E-state index >= 15 is 0 Å². The van der Waals surface area contributed by atoms with Gasteiger partial charge in [0.25, 0.3) is 0 Å². The van der Waals surface area contributed by atoms with E-state index in [0.717, 1.165) is 49.7 Å². The third-order valence-corrected chi connectivity index (χ3v) is 4.50. The molecule has 1 aliphatic rings. The Bertz CT molecular complexity index is 728. The van der Waals surface area contributed by atoms with Crippen molar-refractivity contribution in [3.8, 4) is 5.75 Å². The number of ether oxygens (including phenoxy) is 1. The second-order valence-corrected chi connectivity index (χ2v) is 6.46. The largest absolute Gasteiger partial charge is 0.497 e. The topological polar surface area (TPSA) is 44.8 Å². The first-order chi connectivity index (χ1) is 12.6. The van der Waals surface area contributed by atoms with Crippen molar-refractivity contribution in [2.45, 2.75) is 6.54 Å². The molecule has 0 radical (unpaired) electrons. The first kappa shape index (κ1) is 18.4. The summed E-state index contributed by atoms with van der Waals surface area (Å²) in [7, 11) is 1.61. The molecule has 0 aromatic heterocycles. The Morgan fingerprint density at radius 1 is 1.08 bits per heavy atom. The number of nitrogens with zero attached hydrogens (tertiary/aromatic N) is 2. The molecule has 1 heterocycles. The van der Waals surface area contributed by atoms with E-state index in [1.165, 1.54) is 6.07 Å². The molecule has 138 valence electrons. The van der Waals surface area contributed by atoms with Crippen molar-refractivity contribution in [1.29, 1.82) is 0 Å². The number of benzene rings is 2. The predicted octanol–water partition coefficient (Wildman–Crippen LogP) is 2.59. The van der Waals surface area contributed by atoms with Crippen LogP contribution in [0.25, 0.3) is 0 Å². The summed E-state index contributed by atoms with van der Waals surface area (Å²) >= 11 is 0. The fourth-order valence-electron chi connectivity index (χ4n) is 3.08. The van der Waals surface area contributed by atoms with Gasteiger partial charge in [-0.1, -0.05) is 12.1 Å². The summed E-state index contributed by atoms with van der Waals surface area (Å²) < 4.78 is 18.4. The molecule has 1 aliphatic heterocycles. The van der Waals surface area contributed by atoms with Crippen molar-refractivity contribution in [2.75, 3.05) is 45.2 Å². The van der Waals surface area contributed by atoms with Gasteiger partial charge in [-0.2, -0.15) is 0 Å². The number of piperazine rings is 1. The van der Waals surface area contributed by atoms with Crippen molar-refractivity contribution in [3.63, 3.8) is 0 Å². The van der Waals surface area contributed by atoms with E-state index in [9.17, 15) is 9.18 Å². The SMILES string of the molecule is COc1ccc(NC(=O)CN2CCN(Cc3cccc(F)c3)CC2)cc1. The van der Waals surface area contributed by atoms with Gasteiger partial charge in [0.2, 0.25) is 5.91 Å². The third kappa shape index (κ3) is 5.28. The predicted molar refractivity (Wildman–Crippen MR) is 99.7 cm³/mol. The highest BCUT2D eigenvalue weighted by Crippen LogP contribution is 2.15. The Morgan fingerprint density at radius 3 is 2.42 bits per heavy atom. The Labute approximate surface area is 153 Å². The van der Waals surface area contributed by atoms with E-state index in [-0.39, 0.29) is 11.7 Å². The molecule has 2 aromatic carbocycles. The van der Waals surface area contributed by atoms with Crippen LogP contribution >= 0.6 is 0 Å². The Morgan fingerprint density at radius 2 is 1.77 bits per heavy atom. The van der Waals surface area contributed by atoms with Crippen molar-refractivity contribution in [2.24, 2.45) is 0 Å². The molecule has 0 saturated carbocycles. The van der Waals surface area contributed by atoms with E-state index in [1.807, 2.05) is 30.3 Å². The maximum absolute atomic E-state index is 13.3. The summed E-state index contributed by atoms with van der Waals surface area (Å²) in [5, 5.41) is 2.91. The van der Waals surface area contributed by atoms with Crippen molar-refractivity contribution in [3.05, 3.63) is 59.9 Å². The van der Waals surface area contributed by atoms with Gasteiger partial charge in [-0.25, -0.2) is 4.39 Å². The summed E-state index contributed by atoms with van der Waals surface area (Å²) in [5.74, 6) is 0.544. The fraction of sp³-hybridized carbons (Fsp3) is 0.350. The zero-order valence-electron chi connectivity index (χ0n) is 15.0. The maximum Gasteiger partial charge on any atom is 0.238 e. The lowest BCUT2D eigenvalue weighted by Crippen LogP contribution is -2.48. The Balaban J connectivity index is 1.42. The van der Waals surface area contributed by atoms with Crippen LogP contribution in [0.4, 0.5) is 10.1 Å². The van der Waals surface area contributed by atoms with Crippen molar-refractivity contribution < 1.29 is 13.9 Å². The lowest BCUT2D eigenvalue weighted by Gasteiger charge is -2.34. The monoisotopic (exact) mass is 357 g/mol. The number of nitrogens with one attached hydrogen (secondary N) is 1. The van der Waals surface area contributed by atoms with E-state index in [4.69, 9.17) is 4.74 Å². The van der Waals surface area contributed by atoms with E-state index in [1.54, 1.807) is 19.2 Å². The molecule has 6 heteroatoms. The molecule has 0 unspecified atom stereocenters. The quantitative estimate of drug-likeness (QED) is 0.863. The molecular weight excluding hydrogens is 333 g/mol. The number of carbonyl (C=O) groups is 1. The number of anilines is 1. The molecule has 26 heavy (non-hydrogen) atoms. The molecule has 0 spiro atoms. The minimum absolute atomic E-state index is 0.0197. The lowest BCUT2D eigenvalue weighted by atomic mass is 10.2. The molecule has 1 N–H and O–H groups in total. The number of hydrogen-bond donors (Lipinski definition) is 1. The van der Waals surface area contributed by atoms with Crippen LogP contribution in [0.1, 0.15) is 5.56 Å². The molecule has 1 saturated heterocycles. The van der Waals surface area contributed by atoms with Crippen LogP contribution in [0.3, 0.4) is 0 Å². The summed E-state index contributed by atoms with van der Waals surface area (Å²) in [6, 6.07) is 14.0. The molecule has 1 fully saturated rings. The van der Waals surface area contributed by atoms with Gasteiger partial charge in [-0.05, 0) is 42.0 Å². The average molecular weight is 357 g/mol. The molecule has 2 aromatic rings. The standard InChI is InChI=1S/C20H24FN3O2/c1-26-19-7-5-18(6-8-19)22-20(25)15-24-11-9-23(10-12-24)14-16-3-2-4-17(21)13-16/h2-8,13H,9-12,14-15H2,1H3,(H,22,25). The minimum Gasteiger partial charge on any atom is -0.497 e. The highest BCUT2D eigenvalue weighted by molar-refractivity contribution is 5.92. The van der Waals surface area contributed by atoms with Gasteiger partial charge in [0.05, 0.1) is 13.7 Å². The second kappa shape index (κ2) is 8.78. The smallest absolute Gasteiger partial charge is 0.238 e. The number of halogens is 1. The lowest BCUT2D eigenvalue weighted by molar-refractivity contribution is -0.117. The number of rotatable bonds is 6. The van der Waals surface area contributed by atoms with Gasteiger partial charge >= 0.3 is 0 Å².